The molecule has 1 aliphatic carbocycles. The number of hydrogen-bond acceptors (Lipinski definition) is 6. The zero-order chi connectivity index (χ0) is 23.5. The number of carbonyl (C=O) groups excluding carboxylic acids is 2. The molecule has 11 heteroatoms. The zero-order valence-electron chi connectivity index (χ0n) is 17.8. The van der Waals surface area contributed by atoms with Gasteiger partial charge in [0.05, 0.1) is 16.4 Å². The van der Waals surface area contributed by atoms with Gasteiger partial charge in [-0.3, -0.25) is 14.3 Å². The highest BCUT2D eigenvalue weighted by Gasteiger charge is 2.43. The van der Waals surface area contributed by atoms with Crippen molar-refractivity contribution in [3.05, 3.63) is 41.1 Å². The van der Waals surface area contributed by atoms with E-state index in [1.807, 2.05) is 13.8 Å². The SMILES string of the molecule is CCC1(CC(NC=O)c2ccc(C=S)c(S(=O)(=O)NC(=S)NC3CC3)c2)C(=O)NC=C1C. The van der Waals surface area contributed by atoms with E-state index in [1.54, 1.807) is 18.3 Å². The smallest absolute Gasteiger partial charge is 0.264 e. The molecule has 1 aromatic rings. The molecule has 8 nitrogen and oxygen atoms in total. The monoisotopic (exact) mass is 494 g/mol. The third kappa shape index (κ3) is 5.00. The van der Waals surface area contributed by atoms with Gasteiger partial charge in [-0.25, -0.2) is 8.42 Å². The third-order valence-corrected chi connectivity index (χ3v) is 8.04. The van der Waals surface area contributed by atoms with E-state index in [0.717, 1.165) is 18.4 Å². The number of nitrogens with one attached hydrogen (secondary N) is 4. The molecule has 1 saturated carbocycles. The predicted molar refractivity (Wildman–Crippen MR) is 129 cm³/mol. The predicted octanol–water partition coefficient (Wildman–Crippen LogP) is 1.96. The summed E-state index contributed by atoms with van der Waals surface area (Å²) in [7, 11) is -4.02. The average molecular weight is 495 g/mol. The first kappa shape index (κ1) is 24.3. The molecule has 0 saturated heterocycles. The van der Waals surface area contributed by atoms with Gasteiger partial charge < -0.3 is 16.0 Å². The van der Waals surface area contributed by atoms with Gasteiger partial charge in [0.1, 0.15) is 0 Å². The second kappa shape index (κ2) is 9.63. The van der Waals surface area contributed by atoms with E-state index in [4.69, 9.17) is 24.4 Å². The molecule has 1 aromatic carbocycles. The topological polar surface area (TPSA) is 116 Å². The second-order valence-electron chi connectivity index (χ2n) is 8.05. The van der Waals surface area contributed by atoms with E-state index in [9.17, 15) is 18.0 Å². The molecule has 2 aliphatic rings. The van der Waals surface area contributed by atoms with Crippen LogP contribution in [-0.2, 0) is 19.6 Å². The summed E-state index contributed by atoms with van der Waals surface area (Å²) in [5, 5.41) is 9.74. The molecule has 2 atom stereocenters. The van der Waals surface area contributed by atoms with Gasteiger partial charge in [-0.1, -0.05) is 31.3 Å². The lowest BCUT2D eigenvalue weighted by molar-refractivity contribution is -0.128. The molecule has 0 spiro atoms. The lowest BCUT2D eigenvalue weighted by atomic mass is 9.73. The van der Waals surface area contributed by atoms with Gasteiger partial charge in [-0.05, 0) is 62.0 Å². The van der Waals surface area contributed by atoms with Gasteiger partial charge in [0.15, 0.2) is 5.11 Å². The van der Waals surface area contributed by atoms with Gasteiger partial charge in [0, 0.05) is 23.2 Å². The fourth-order valence-electron chi connectivity index (χ4n) is 3.89. The van der Waals surface area contributed by atoms with Crippen molar-refractivity contribution in [3.8, 4) is 0 Å². The average Bonchev–Trinajstić information content (AvgIpc) is 3.52. The fourth-order valence-corrected chi connectivity index (χ4v) is 5.80. The lowest BCUT2D eigenvalue weighted by Gasteiger charge is -2.31. The molecular weight excluding hydrogens is 468 g/mol. The standard InChI is InChI=1S/C21H26N4O4S3/c1-3-21(13(2)10-22-19(21)27)9-17(23-12-26)14-4-5-15(11-30)18(8-14)32(28,29)25-20(31)24-16-6-7-16/h4-5,8,10-12,16-17H,3,6-7,9H2,1-2H3,(H,22,27)(H,23,26)(H2,24,25,31). The molecule has 172 valence electrons. The summed E-state index contributed by atoms with van der Waals surface area (Å²) < 4.78 is 28.5. The van der Waals surface area contributed by atoms with Gasteiger partial charge in [-0.15, -0.1) is 0 Å². The lowest BCUT2D eigenvalue weighted by Crippen LogP contribution is -2.40. The van der Waals surface area contributed by atoms with E-state index in [1.165, 1.54) is 11.4 Å². The Morgan fingerprint density at radius 2 is 2.09 bits per heavy atom. The minimum atomic E-state index is -4.02. The van der Waals surface area contributed by atoms with Crippen molar-refractivity contribution in [1.29, 1.82) is 0 Å². The summed E-state index contributed by atoms with van der Waals surface area (Å²) in [6.45, 7) is 3.77. The van der Waals surface area contributed by atoms with Crippen LogP contribution in [0.25, 0.3) is 0 Å². The summed E-state index contributed by atoms with van der Waals surface area (Å²) in [6, 6.07) is 4.36. The van der Waals surface area contributed by atoms with Crippen LogP contribution in [0.5, 0.6) is 0 Å². The Bertz CT molecular complexity index is 1080. The van der Waals surface area contributed by atoms with Crippen molar-refractivity contribution in [3.63, 3.8) is 0 Å². The molecule has 0 aromatic heterocycles. The molecule has 1 aliphatic heterocycles. The first-order chi connectivity index (χ1) is 15.2. The molecule has 2 unspecified atom stereocenters. The van der Waals surface area contributed by atoms with Crippen molar-refractivity contribution in [2.45, 2.75) is 56.5 Å². The first-order valence-electron chi connectivity index (χ1n) is 10.3. The highest BCUT2D eigenvalue weighted by molar-refractivity contribution is 7.92. The van der Waals surface area contributed by atoms with Crippen LogP contribution >= 0.6 is 24.4 Å². The number of carbonyl (C=O) groups is 2. The largest absolute Gasteiger partial charge is 0.359 e. The Kier molecular flexibility index (Phi) is 7.31. The fraction of sp³-hybridized carbons (Fsp3) is 0.429. The van der Waals surface area contributed by atoms with E-state index in [-0.39, 0.29) is 28.4 Å². The van der Waals surface area contributed by atoms with Crippen LogP contribution in [0.15, 0.2) is 34.9 Å². The summed E-state index contributed by atoms with van der Waals surface area (Å²) in [6.07, 6.45) is 4.93. The van der Waals surface area contributed by atoms with Crippen LogP contribution in [0.1, 0.15) is 56.7 Å². The molecular formula is C21H26N4O4S3. The number of thiocarbonyl (C=S) groups is 2. The molecule has 4 N–H and O–H groups in total. The van der Waals surface area contributed by atoms with Gasteiger partial charge in [0.2, 0.25) is 12.3 Å². The van der Waals surface area contributed by atoms with Crippen LogP contribution in [0.3, 0.4) is 0 Å². The minimum Gasteiger partial charge on any atom is -0.359 e. The van der Waals surface area contributed by atoms with Gasteiger partial charge in [-0.2, -0.15) is 0 Å². The van der Waals surface area contributed by atoms with Crippen LogP contribution in [0.2, 0.25) is 0 Å². The zero-order valence-corrected chi connectivity index (χ0v) is 20.3. The van der Waals surface area contributed by atoms with E-state index in [0.29, 0.717) is 24.0 Å². The molecule has 0 bridgehead atoms. The second-order valence-corrected chi connectivity index (χ2v) is 10.3. The Hall–Kier alpha value is -2.37. The van der Waals surface area contributed by atoms with Crippen molar-refractivity contribution in [1.82, 2.24) is 20.7 Å². The maximum atomic E-state index is 13.1. The van der Waals surface area contributed by atoms with E-state index >= 15 is 0 Å². The third-order valence-electron chi connectivity index (χ3n) is 6.03. The Balaban J connectivity index is 1.95. The number of hydrogen-bond donors (Lipinski definition) is 4. The summed E-state index contributed by atoms with van der Waals surface area (Å²) >= 11 is 10.1. The van der Waals surface area contributed by atoms with Crippen molar-refractivity contribution in [2.75, 3.05) is 0 Å². The Morgan fingerprint density at radius 1 is 1.38 bits per heavy atom. The van der Waals surface area contributed by atoms with E-state index < -0.39 is 21.5 Å². The molecule has 0 radical (unpaired) electrons. The summed E-state index contributed by atoms with van der Waals surface area (Å²) in [5.41, 5.74) is 0.940. The van der Waals surface area contributed by atoms with Crippen molar-refractivity contribution < 1.29 is 18.0 Å². The molecule has 1 heterocycles. The van der Waals surface area contributed by atoms with Gasteiger partial charge in [0.25, 0.3) is 10.0 Å². The van der Waals surface area contributed by atoms with Crippen LogP contribution < -0.4 is 20.7 Å². The minimum absolute atomic E-state index is 0.0316. The van der Waals surface area contributed by atoms with Crippen LogP contribution in [-0.4, -0.2) is 37.3 Å². The summed E-state index contributed by atoms with van der Waals surface area (Å²) in [4.78, 5) is 24.0. The normalized spacial score (nSPS) is 21.2. The highest BCUT2D eigenvalue weighted by Crippen LogP contribution is 2.42. The Labute approximate surface area is 198 Å². The number of benzene rings is 1. The van der Waals surface area contributed by atoms with Crippen LogP contribution in [0.4, 0.5) is 0 Å². The van der Waals surface area contributed by atoms with Crippen LogP contribution in [0, 0.1) is 5.41 Å². The maximum absolute atomic E-state index is 13.1. The molecule has 32 heavy (non-hydrogen) atoms. The first-order valence-corrected chi connectivity index (χ1v) is 12.6. The highest BCUT2D eigenvalue weighted by atomic mass is 32.2. The van der Waals surface area contributed by atoms with Gasteiger partial charge >= 0.3 is 0 Å². The number of sulfonamides is 1. The molecule has 2 amide bonds. The quantitative estimate of drug-likeness (QED) is 0.290. The Morgan fingerprint density at radius 3 is 2.62 bits per heavy atom. The summed E-state index contributed by atoms with van der Waals surface area (Å²) in [5.74, 6) is -0.142. The van der Waals surface area contributed by atoms with Crippen molar-refractivity contribution in [2.24, 2.45) is 5.41 Å². The van der Waals surface area contributed by atoms with E-state index in [2.05, 4.69) is 20.7 Å². The number of rotatable bonds is 10. The molecule has 1 fully saturated rings. The number of amides is 2. The maximum Gasteiger partial charge on any atom is 0.264 e. The molecule has 3 rings (SSSR count). The van der Waals surface area contributed by atoms with Crippen molar-refractivity contribution >= 4 is 57.3 Å².